The first-order valence-electron chi connectivity index (χ1n) is 7.37. The molecule has 1 aromatic carbocycles. The van der Waals surface area contributed by atoms with Gasteiger partial charge in [-0.25, -0.2) is 0 Å². The van der Waals surface area contributed by atoms with E-state index in [0.717, 1.165) is 6.42 Å². The van der Waals surface area contributed by atoms with Crippen LogP contribution in [0.1, 0.15) is 57.0 Å². The van der Waals surface area contributed by atoms with Crippen molar-refractivity contribution >= 4 is 5.91 Å². The summed E-state index contributed by atoms with van der Waals surface area (Å²) in [5, 5.41) is 3.07. The number of amides is 1. The van der Waals surface area contributed by atoms with Gasteiger partial charge in [-0.3, -0.25) is 4.79 Å². The maximum Gasteiger partial charge on any atom is 0.251 e. The Labute approximate surface area is 122 Å². The number of hydrogen-bond donors (Lipinski definition) is 2. The summed E-state index contributed by atoms with van der Waals surface area (Å²) in [7, 11) is 0. The number of hydrogen-bond acceptors (Lipinski definition) is 2. The quantitative estimate of drug-likeness (QED) is 0.868. The summed E-state index contributed by atoms with van der Waals surface area (Å²) in [4.78, 5) is 12.2. The van der Waals surface area contributed by atoms with Crippen molar-refractivity contribution in [3.05, 3.63) is 35.4 Å². The summed E-state index contributed by atoms with van der Waals surface area (Å²) in [6.45, 7) is 11.3. The van der Waals surface area contributed by atoms with Crippen LogP contribution in [0, 0.1) is 5.92 Å². The largest absolute Gasteiger partial charge is 0.349 e. The number of rotatable bonds is 5. The van der Waals surface area contributed by atoms with Gasteiger partial charge < -0.3 is 11.1 Å². The summed E-state index contributed by atoms with van der Waals surface area (Å²) in [5.41, 5.74) is 7.65. The first-order chi connectivity index (χ1) is 9.25. The van der Waals surface area contributed by atoms with Gasteiger partial charge in [0.2, 0.25) is 0 Å². The number of carbonyl (C=O) groups excluding carboxylic acids is 1. The van der Waals surface area contributed by atoms with E-state index in [1.54, 1.807) is 0 Å². The van der Waals surface area contributed by atoms with Crippen LogP contribution in [0.2, 0.25) is 0 Å². The number of nitrogens with one attached hydrogen (secondary N) is 1. The maximum atomic E-state index is 12.2. The van der Waals surface area contributed by atoms with E-state index in [1.165, 1.54) is 5.56 Å². The molecule has 0 aliphatic rings. The predicted octanol–water partition coefficient (Wildman–Crippen LogP) is 3.09. The Hall–Kier alpha value is -1.35. The molecule has 1 rings (SSSR count). The van der Waals surface area contributed by atoms with E-state index in [1.807, 2.05) is 24.3 Å². The fraction of sp³-hybridized carbons (Fsp3) is 0.588. The third-order valence-corrected chi connectivity index (χ3v) is 3.61. The summed E-state index contributed by atoms with van der Waals surface area (Å²) >= 11 is 0. The summed E-state index contributed by atoms with van der Waals surface area (Å²) < 4.78 is 0. The van der Waals surface area contributed by atoms with Gasteiger partial charge in [0.05, 0.1) is 0 Å². The van der Waals surface area contributed by atoms with Gasteiger partial charge in [-0.05, 0) is 42.0 Å². The molecule has 3 heteroatoms. The Morgan fingerprint density at radius 1 is 1.20 bits per heavy atom. The first-order valence-corrected chi connectivity index (χ1v) is 7.37. The lowest BCUT2D eigenvalue weighted by Crippen LogP contribution is -2.39. The molecule has 0 spiro atoms. The van der Waals surface area contributed by atoms with Crippen molar-refractivity contribution in [2.45, 2.75) is 52.5 Å². The third kappa shape index (κ3) is 4.64. The Morgan fingerprint density at radius 3 is 2.15 bits per heavy atom. The van der Waals surface area contributed by atoms with E-state index in [0.29, 0.717) is 18.0 Å². The van der Waals surface area contributed by atoms with Crippen LogP contribution in [0.5, 0.6) is 0 Å². The molecule has 112 valence electrons. The predicted molar refractivity (Wildman–Crippen MR) is 84.9 cm³/mol. The van der Waals surface area contributed by atoms with Crippen molar-refractivity contribution < 1.29 is 4.79 Å². The second-order valence-corrected chi connectivity index (χ2v) is 6.73. The highest BCUT2D eigenvalue weighted by Gasteiger charge is 2.18. The van der Waals surface area contributed by atoms with Crippen LogP contribution in [0.15, 0.2) is 24.3 Å². The average Bonchev–Trinajstić information content (AvgIpc) is 2.37. The van der Waals surface area contributed by atoms with E-state index in [2.05, 4.69) is 39.9 Å². The van der Waals surface area contributed by atoms with Crippen molar-refractivity contribution in [1.82, 2.24) is 5.32 Å². The zero-order chi connectivity index (χ0) is 15.3. The van der Waals surface area contributed by atoms with Gasteiger partial charge in [-0.1, -0.05) is 46.8 Å². The van der Waals surface area contributed by atoms with Crippen LogP contribution in [0.3, 0.4) is 0 Å². The van der Waals surface area contributed by atoms with Crippen LogP contribution in [0.4, 0.5) is 0 Å². The standard InChI is InChI=1S/C17H28N2O/c1-12(2)15(10-11-18)19-16(20)13-6-8-14(9-7-13)17(3,4)5/h6-9,12,15H,10-11,18H2,1-5H3,(H,19,20). The molecule has 0 radical (unpaired) electrons. The van der Waals surface area contributed by atoms with E-state index >= 15 is 0 Å². The molecular formula is C17H28N2O. The molecular weight excluding hydrogens is 248 g/mol. The molecule has 3 nitrogen and oxygen atoms in total. The second-order valence-electron chi connectivity index (χ2n) is 6.73. The average molecular weight is 276 g/mol. The minimum absolute atomic E-state index is 0.0161. The summed E-state index contributed by atoms with van der Waals surface area (Å²) in [6, 6.07) is 7.99. The molecule has 1 amide bonds. The van der Waals surface area contributed by atoms with Crippen molar-refractivity contribution in [3.63, 3.8) is 0 Å². The van der Waals surface area contributed by atoms with Gasteiger partial charge in [0.25, 0.3) is 5.91 Å². The highest BCUT2D eigenvalue weighted by Crippen LogP contribution is 2.22. The van der Waals surface area contributed by atoms with Crippen LogP contribution in [0.25, 0.3) is 0 Å². The molecule has 1 unspecified atom stereocenters. The molecule has 0 bridgehead atoms. The zero-order valence-corrected chi connectivity index (χ0v) is 13.4. The Balaban J connectivity index is 2.77. The Bertz CT molecular complexity index is 429. The number of carbonyl (C=O) groups is 1. The molecule has 0 aliphatic carbocycles. The smallest absolute Gasteiger partial charge is 0.251 e. The summed E-state index contributed by atoms with van der Waals surface area (Å²) in [6.07, 6.45) is 0.809. The van der Waals surface area contributed by atoms with Gasteiger partial charge in [0.1, 0.15) is 0 Å². The van der Waals surface area contributed by atoms with E-state index in [-0.39, 0.29) is 17.4 Å². The molecule has 0 aromatic heterocycles. The summed E-state index contributed by atoms with van der Waals surface area (Å²) in [5.74, 6) is 0.369. The molecule has 1 aromatic rings. The fourth-order valence-electron chi connectivity index (χ4n) is 2.13. The lowest BCUT2D eigenvalue weighted by atomic mass is 9.86. The highest BCUT2D eigenvalue weighted by atomic mass is 16.1. The normalized spacial score (nSPS) is 13.3. The van der Waals surface area contributed by atoms with E-state index in [4.69, 9.17) is 5.73 Å². The molecule has 0 aliphatic heterocycles. The Morgan fingerprint density at radius 2 is 1.75 bits per heavy atom. The van der Waals surface area contributed by atoms with Crippen molar-refractivity contribution in [2.75, 3.05) is 6.54 Å². The Kier molecular flexibility index (Phi) is 5.75. The molecule has 0 fully saturated rings. The van der Waals surface area contributed by atoms with Crippen molar-refractivity contribution in [1.29, 1.82) is 0 Å². The highest BCUT2D eigenvalue weighted by molar-refractivity contribution is 5.94. The van der Waals surface area contributed by atoms with E-state index in [9.17, 15) is 4.79 Å². The van der Waals surface area contributed by atoms with E-state index < -0.39 is 0 Å². The van der Waals surface area contributed by atoms with Gasteiger partial charge in [0, 0.05) is 11.6 Å². The van der Waals surface area contributed by atoms with Crippen LogP contribution in [-0.4, -0.2) is 18.5 Å². The topological polar surface area (TPSA) is 55.1 Å². The SMILES string of the molecule is CC(C)C(CCN)NC(=O)c1ccc(C(C)(C)C)cc1. The number of nitrogens with two attached hydrogens (primary N) is 1. The molecule has 0 saturated carbocycles. The van der Waals surface area contributed by atoms with Crippen LogP contribution >= 0.6 is 0 Å². The molecule has 0 heterocycles. The number of benzene rings is 1. The third-order valence-electron chi connectivity index (χ3n) is 3.61. The molecule has 20 heavy (non-hydrogen) atoms. The molecule has 3 N–H and O–H groups in total. The minimum atomic E-state index is -0.0161. The van der Waals surface area contributed by atoms with Crippen LogP contribution < -0.4 is 11.1 Å². The van der Waals surface area contributed by atoms with Crippen molar-refractivity contribution in [2.24, 2.45) is 11.7 Å². The maximum absolute atomic E-state index is 12.2. The minimum Gasteiger partial charge on any atom is -0.349 e. The zero-order valence-electron chi connectivity index (χ0n) is 13.4. The first kappa shape index (κ1) is 16.7. The van der Waals surface area contributed by atoms with Gasteiger partial charge in [0.15, 0.2) is 0 Å². The van der Waals surface area contributed by atoms with Crippen molar-refractivity contribution in [3.8, 4) is 0 Å². The van der Waals surface area contributed by atoms with Gasteiger partial charge >= 0.3 is 0 Å². The fourth-order valence-corrected chi connectivity index (χ4v) is 2.13. The second kappa shape index (κ2) is 6.89. The van der Waals surface area contributed by atoms with Gasteiger partial charge in [-0.15, -0.1) is 0 Å². The molecule has 1 atom stereocenters. The van der Waals surface area contributed by atoms with Gasteiger partial charge in [-0.2, -0.15) is 0 Å². The lowest BCUT2D eigenvalue weighted by molar-refractivity contribution is 0.0924. The lowest BCUT2D eigenvalue weighted by Gasteiger charge is -2.22. The molecule has 0 saturated heterocycles. The van der Waals surface area contributed by atoms with Crippen LogP contribution in [-0.2, 0) is 5.41 Å². The monoisotopic (exact) mass is 276 g/mol.